The third kappa shape index (κ3) is 31.2. The Morgan fingerprint density at radius 3 is 1.63 bits per heavy atom. The zero-order valence-corrected chi connectivity index (χ0v) is 37.4. The SMILES string of the molecule is C=CCCCCCCCCCCCCCCCC(=O)O[C@H](COC(=O)CCC/C=C/C/C=C/C/C=C/C/C=C/CCCCC)CO[C@H]1O[C@H](CS(=O)(=O)O)[C@@H](O)C(O)C1O. The molecule has 1 saturated heterocycles. The topological polar surface area (TPSA) is 186 Å². The van der Waals surface area contributed by atoms with Crippen LogP contribution in [0, 0.1) is 0 Å². The van der Waals surface area contributed by atoms with Crippen LogP contribution >= 0.6 is 0 Å². The monoisotopic (exact) mass is 869 g/mol. The van der Waals surface area contributed by atoms with Crippen LogP contribution in [0.2, 0.25) is 0 Å². The first-order valence-corrected chi connectivity index (χ1v) is 24.4. The van der Waals surface area contributed by atoms with Gasteiger partial charge in [0.25, 0.3) is 10.1 Å². The van der Waals surface area contributed by atoms with Gasteiger partial charge >= 0.3 is 11.9 Å². The van der Waals surface area contributed by atoms with Crippen LogP contribution in [0.5, 0.6) is 0 Å². The molecule has 0 aromatic carbocycles. The summed E-state index contributed by atoms with van der Waals surface area (Å²) in [6.07, 6.45) is 34.5. The Hall–Kier alpha value is -2.65. The molecule has 60 heavy (non-hydrogen) atoms. The molecule has 0 radical (unpaired) electrons. The highest BCUT2D eigenvalue weighted by molar-refractivity contribution is 7.85. The molecule has 1 fully saturated rings. The number of ether oxygens (including phenoxy) is 4. The summed E-state index contributed by atoms with van der Waals surface area (Å²) in [6, 6.07) is 0. The molecule has 0 saturated carbocycles. The van der Waals surface area contributed by atoms with E-state index in [1.807, 2.05) is 18.2 Å². The van der Waals surface area contributed by atoms with Crippen molar-refractivity contribution < 1.29 is 56.8 Å². The molecule has 2 unspecified atom stereocenters. The molecule has 13 heteroatoms. The molecule has 1 aliphatic heterocycles. The van der Waals surface area contributed by atoms with Crippen LogP contribution in [-0.2, 0) is 38.7 Å². The second-order valence-corrected chi connectivity index (χ2v) is 17.3. The molecule has 0 aromatic rings. The largest absolute Gasteiger partial charge is 0.462 e. The molecule has 12 nitrogen and oxygen atoms in total. The lowest BCUT2D eigenvalue weighted by atomic mass is 10.00. The fourth-order valence-corrected chi connectivity index (χ4v) is 7.34. The third-order valence-corrected chi connectivity index (χ3v) is 11.0. The Morgan fingerprint density at radius 1 is 0.617 bits per heavy atom. The number of aliphatic hydroxyl groups is 3. The summed E-state index contributed by atoms with van der Waals surface area (Å²) in [5, 5.41) is 30.9. The molecule has 1 rings (SSSR count). The third-order valence-electron chi connectivity index (χ3n) is 10.2. The number of hydrogen-bond acceptors (Lipinski definition) is 11. The highest BCUT2D eigenvalue weighted by atomic mass is 32.2. The van der Waals surface area contributed by atoms with Crippen molar-refractivity contribution >= 4 is 22.1 Å². The van der Waals surface area contributed by atoms with E-state index in [1.54, 1.807) is 0 Å². The van der Waals surface area contributed by atoms with Crippen LogP contribution in [0.1, 0.15) is 167 Å². The molecular weight excluding hydrogens is 789 g/mol. The number of carbonyl (C=O) groups excluding carboxylic acids is 2. The molecule has 1 heterocycles. The maximum atomic E-state index is 12.8. The van der Waals surface area contributed by atoms with Crippen molar-refractivity contribution in [3.05, 3.63) is 61.3 Å². The first-order chi connectivity index (χ1) is 29.0. The van der Waals surface area contributed by atoms with Gasteiger partial charge in [0.2, 0.25) is 0 Å². The maximum Gasteiger partial charge on any atom is 0.306 e. The highest BCUT2D eigenvalue weighted by Gasteiger charge is 2.46. The zero-order chi connectivity index (χ0) is 44.1. The molecule has 0 spiro atoms. The van der Waals surface area contributed by atoms with E-state index in [2.05, 4.69) is 50.0 Å². The van der Waals surface area contributed by atoms with Gasteiger partial charge in [-0.3, -0.25) is 14.1 Å². The summed E-state index contributed by atoms with van der Waals surface area (Å²) in [7, 11) is -4.61. The maximum absolute atomic E-state index is 12.8. The number of allylic oxidation sites excluding steroid dienone is 9. The molecule has 4 N–H and O–H groups in total. The Morgan fingerprint density at radius 2 is 1.10 bits per heavy atom. The molecule has 0 aliphatic carbocycles. The summed E-state index contributed by atoms with van der Waals surface area (Å²) in [5.41, 5.74) is 0. The Balaban J connectivity index is 2.48. The van der Waals surface area contributed by atoms with Gasteiger partial charge in [0.15, 0.2) is 12.4 Å². The van der Waals surface area contributed by atoms with Gasteiger partial charge in [-0.15, -0.1) is 6.58 Å². The minimum absolute atomic E-state index is 0.141. The summed E-state index contributed by atoms with van der Waals surface area (Å²) < 4.78 is 54.0. The predicted octanol–water partition coefficient (Wildman–Crippen LogP) is 9.34. The average molecular weight is 869 g/mol. The summed E-state index contributed by atoms with van der Waals surface area (Å²) in [4.78, 5) is 25.4. The zero-order valence-electron chi connectivity index (χ0n) is 36.6. The van der Waals surface area contributed by atoms with Crippen molar-refractivity contribution in [1.82, 2.24) is 0 Å². The number of aliphatic hydroxyl groups excluding tert-OH is 3. The highest BCUT2D eigenvalue weighted by Crippen LogP contribution is 2.24. The van der Waals surface area contributed by atoms with Crippen LogP contribution in [0.15, 0.2) is 61.3 Å². The lowest BCUT2D eigenvalue weighted by molar-refractivity contribution is -0.297. The fourth-order valence-electron chi connectivity index (χ4n) is 6.65. The first-order valence-electron chi connectivity index (χ1n) is 22.8. The van der Waals surface area contributed by atoms with E-state index in [0.717, 1.165) is 51.4 Å². The molecule has 346 valence electrons. The number of esters is 2. The van der Waals surface area contributed by atoms with Gasteiger partial charge in [-0.05, 0) is 64.2 Å². The summed E-state index contributed by atoms with van der Waals surface area (Å²) in [5.74, 6) is -2.06. The van der Waals surface area contributed by atoms with Gasteiger partial charge in [-0.1, -0.05) is 145 Å². The smallest absolute Gasteiger partial charge is 0.306 e. The van der Waals surface area contributed by atoms with E-state index >= 15 is 0 Å². The van der Waals surface area contributed by atoms with Crippen molar-refractivity contribution in [3.63, 3.8) is 0 Å². The first kappa shape index (κ1) is 55.4. The Kier molecular flexibility index (Phi) is 34.1. The molecule has 0 bridgehead atoms. The number of hydrogen-bond donors (Lipinski definition) is 4. The molecule has 1 aliphatic rings. The van der Waals surface area contributed by atoms with Gasteiger partial charge in [0, 0.05) is 12.8 Å². The molecule has 0 amide bonds. The molecular formula is C47H80O12S. The Bertz CT molecular complexity index is 1330. The number of carbonyl (C=O) groups is 2. The molecule has 6 atom stereocenters. The van der Waals surface area contributed by atoms with E-state index in [4.69, 9.17) is 18.9 Å². The van der Waals surface area contributed by atoms with Gasteiger partial charge in [0.1, 0.15) is 36.8 Å². The van der Waals surface area contributed by atoms with Gasteiger partial charge in [-0.25, -0.2) is 0 Å². The minimum atomic E-state index is -4.61. The number of unbranched alkanes of at least 4 members (excludes halogenated alkanes) is 17. The molecule has 0 aromatic heterocycles. The van der Waals surface area contributed by atoms with Crippen LogP contribution in [0.3, 0.4) is 0 Å². The average Bonchev–Trinajstić information content (AvgIpc) is 3.21. The normalized spacial score (nSPS) is 20.4. The standard InChI is InChI=1S/C47H80O12S/c1-3-5-7-9-11-13-15-17-19-20-22-23-25-27-29-31-33-35-42(48)56-37-40(38-57-47-46(52)45(51)44(50)41(59-47)39-60(53,54)55)58-43(49)36-34-32-30-28-26-24-21-18-16-14-12-10-8-6-4-2/h4,11,13,17,19,22-23,27,29,40-41,44-47,50-52H,2-3,5-10,12,14-16,18,20-21,24-26,28,30-39H2,1H3,(H,53,54,55)/b13-11+,19-17+,23-22+,29-27+/t40-,41-,44-,45?,46?,47+/m1/s1. The van der Waals surface area contributed by atoms with Gasteiger partial charge in [0.05, 0.1) is 6.61 Å². The van der Waals surface area contributed by atoms with Crippen molar-refractivity contribution in [2.75, 3.05) is 19.0 Å². The Labute approximate surface area is 362 Å². The summed E-state index contributed by atoms with van der Waals surface area (Å²) >= 11 is 0. The van der Waals surface area contributed by atoms with E-state index < -0.39 is 71.2 Å². The van der Waals surface area contributed by atoms with Gasteiger partial charge in [-0.2, -0.15) is 8.42 Å². The van der Waals surface area contributed by atoms with E-state index in [-0.39, 0.29) is 19.4 Å². The second kappa shape index (κ2) is 37.0. The van der Waals surface area contributed by atoms with Crippen molar-refractivity contribution in [2.24, 2.45) is 0 Å². The minimum Gasteiger partial charge on any atom is -0.462 e. The van der Waals surface area contributed by atoms with Crippen molar-refractivity contribution in [1.29, 1.82) is 0 Å². The van der Waals surface area contributed by atoms with Crippen LogP contribution < -0.4 is 0 Å². The second-order valence-electron chi connectivity index (χ2n) is 15.8. The lowest BCUT2D eigenvalue weighted by Crippen LogP contribution is -2.60. The van der Waals surface area contributed by atoms with Crippen LogP contribution in [-0.4, -0.2) is 96.0 Å². The quantitative estimate of drug-likeness (QED) is 0.0200. The van der Waals surface area contributed by atoms with Crippen molar-refractivity contribution in [3.8, 4) is 0 Å². The lowest BCUT2D eigenvalue weighted by Gasteiger charge is -2.40. The van der Waals surface area contributed by atoms with Crippen LogP contribution in [0.4, 0.5) is 0 Å². The van der Waals surface area contributed by atoms with E-state index in [9.17, 15) is 37.9 Å². The van der Waals surface area contributed by atoms with Gasteiger partial charge < -0.3 is 34.3 Å². The fraction of sp³-hybridized carbons (Fsp3) is 0.745. The van der Waals surface area contributed by atoms with E-state index in [1.165, 1.54) is 77.0 Å². The number of rotatable bonds is 38. The summed E-state index contributed by atoms with van der Waals surface area (Å²) in [6.45, 7) is 5.21. The van der Waals surface area contributed by atoms with E-state index in [0.29, 0.717) is 19.3 Å². The van der Waals surface area contributed by atoms with Crippen LogP contribution in [0.25, 0.3) is 0 Å². The van der Waals surface area contributed by atoms with Crippen molar-refractivity contribution in [2.45, 2.75) is 204 Å². The predicted molar refractivity (Wildman–Crippen MR) is 238 cm³/mol.